The number of amides is 2. The number of aliphatic hydroxyl groups excluding tert-OH is 1. The Balaban J connectivity index is 1.46. The Morgan fingerprint density at radius 3 is 2.73 bits per heavy atom. The Morgan fingerprint density at radius 2 is 2.00 bits per heavy atom. The number of carbonyl (C=O) groups excluding carboxylic acids is 2. The molecule has 1 aromatic heterocycles. The van der Waals surface area contributed by atoms with Crippen molar-refractivity contribution in [3.05, 3.63) is 30.1 Å². The Hall–Kier alpha value is -1.95. The first-order valence-electron chi connectivity index (χ1n) is 9.77. The maximum absolute atomic E-state index is 13.3. The van der Waals surface area contributed by atoms with Crippen LogP contribution in [0.15, 0.2) is 24.5 Å². The summed E-state index contributed by atoms with van der Waals surface area (Å²) >= 11 is 0. The molecule has 1 aromatic rings. The van der Waals surface area contributed by atoms with Crippen molar-refractivity contribution in [2.75, 3.05) is 19.6 Å². The normalized spacial score (nSPS) is 32.3. The third-order valence-electron chi connectivity index (χ3n) is 6.43. The molecular weight excluding hydrogens is 330 g/mol. The van der Waals surface area contributed by atoms with Gasteiger partial charge in [-0.3, -0.25) is 14.6 Å². The lowest BCUT2D eigenvalue weighted by Gasteiger charge is -2.40. The van der Waals surface area contributed by atoms with Crippen molar-refractivity contribution in [3.8, 4) is 0 Å². The molecule has 140 valence electrons. The van der Waals surface area contributed by atoms with Crippen molar-refractivity contribution in [2.45, 2.75) is 57.1 Å². The minimum Gasteiger partial charge on any atom is -0.393 e. The topological polar surface area (TPSA) is 73.7 Å². The number of piperidine rings is 1. The van der Waals surface area contributed by atoms with Gasteiger partial charge in [-0.2, -0.15) is 0 Å². The smallest absolute Gasteiger partial charge is 0.255 e. The van der Waals surface area contributed by atoms with Gasteiger partial charge in [0.1, 0.15) is 0 Å². The van der Waals surface area contributed by atoms with Gasteiger partial charge in [-0.15, -0.1) is 0 Å². The molecule has 4 rings (SSSR count). The molecule has 2 aliphatic heterocycles. The van der Waals surface area contributed by atoms with Gasteiger partial charge in [0, 0.05) is 38.1 Å². The standard InChI is InChI=1S/C20H27N3O3/c24-17-6-4-16(5-7-17)23-12-9-20(19(23)26)8-2-11-22(14-20)18(25)15-3-1-10-21-13-15/h1,3,10,13,16-17,24H,2,4-9,11-12,14H2/t16-,17-,20?. The van der Waals surface area contributed by atoms with Crippen LogP contribution in [0.4, 0.5) is 0 Å². The minimum atomic E-state index is -0.411. The number of aliphatic hydroxyl groups is 1. The van der Waals surface area contributed by atoms with Crippen molar-refractivity contribution in [1.29, 1.82) is 0 Å². The molecule has 1 atom stereocenters. The summed E-state index contributed by atoms with van der Waals surface area (Å²) in [7, 11) is 0. The number of pyridine rings is 1. The molecule has 6 heteroatoms. The molecular formula is C20H27N3O3. The molecule has 3 aliphatic rings. The van der Waals surface area contributed by atoms with E-state index in [1.54, 1.807) is 24.5 Å². The van der Waals surface area contributed by atoms with E-state index in [2.05, 4.69) is 4.98 Å². The molecule has 3 heterocycles. The molecule has 3 fully saturated rings. The minimum absolute atomic E-state index is 0.0239. The molecule has 0 radical (unpaired) electrons. The number of likely N-dealkylation sites (tertiary alicyclic amines) is 2. The van der Waals surface area contributed by atoms with Gasteiger partial charge in [0.15, 0.2) is 0 Å². The number of nitrogens with zero attached hydrogens (tertiary/aromatic N) is 3. The first kappa shape index (κ1) is 17.5. The number of carbonyl (C=O) groups is 2. The van der Waals surface area contributed by atoms with Crippen molar-refractivity contribution in [1.82, 2.24) is 14.8 Å². The van der Waals surface area contributed by atoms with E-state index in [0.29, 0.717) is 18.7 Å². The molecule has 0 bridgehead atoms. The van der Waals surface area contributed by atoms with E-state index < -0.39 is 5.41 Å². The Morgan fingerprint density at radius 1 is 1.19 bits per heavy atom. The SMILES string of the molecule is O=C(c1cccnc1)N1CCCC2(CCN([C@H]3CC[C@H](O)CC3)C2=O)C1. The van der Waals surface area contributed by atoms with Crippen LogP contribution in [0.2, 0.25) is 0 Å². The summed E-state index contributed by atoms with van der Waals surface area (Å²) in [6.07, 6.45) is 8.97. The average molecular weight is 357 g/mol. The molecule has 6 nitrogen and oxygen atoms in total. The first-order valence-corrected chi connectivity index (χ1v) is 9.77. The number of aromatic nitrogens is 1. The van der Waals surface area contributed by atoms with Crippen LogP contribution in [0.25, 0.3) is 0 Å². The largest absolute Gasteiger partial charge is 0.393 e. The van der Waals surface area contributed by atoms with Crippen LogP contribution in [0.3, 0.4) is 0 Å². The van der Waals surface area contributed by atoms with Crippen LogP contribution in [0, 0.1) is 5.41 Å². The summed E-state index contributed by atoms with van der Waals surface area (Å²) in [5, 5.41) is 9.73. The first-order chi connectivity index (χ1) is 12.6. The van der Waals surface area contributed by atoms with Gasteiger partial charge in [0.2, 0.25) is 5.91 Å². The summed E-state index contributed by atoms with van der Waals surface area (Å²) in [4.78, 5) is 34.0. The second-order valence-corrected chi connectivity index (χ2v) is 8.06. The van der Waals surface area contributed by atoms with Crippen LogP contribution in [-0.2, 0) is 4.79 Å². The average Bonchev–Trinajstić information content (AvgIpc) is 2.98. The fourth-order valence-corrected chi connectivity index (χ4v) is 4.92. The molecule has 1 N–H and O–H groups in total. The second kappa shape index (κ2) is 6.99. The zero-order valence-corrected chi connectivity index (χ0v) is 15.1. The third-order valence-corrected chi connectivity index (χ3v) is 6.43. The van der Waals surface area contributed by atoms with Gasteiger partial charge < -0.3 is 14.9 Å². The molecule has 2 saturated heterocycles. The molecule has 1 unspecified atom stereocenters. The van der Waals surface area contributed by atoms with Gasteiger partial charge >= 0.3 is 0 Å². The van der Waals surface area contributed by atoms with Crippen LogP contribution in [0.1, 0.15) is 55.3 Å². The molecule has 1 aliphatic carbocycles. The fraction of sp³-hybridized carbons (Fsp3) is 0.650. The molecule has 1 saturated carbocycles. The predicted octanol–water partition coefficient (Wildman–Crippen LogP) is 1.84. The van der Waals surface area contributed by atoms with Crippen LogP contribution in [-0.4, -0.2) is 63.5 Å². The van der Waals surface area contributed by atoms with Crippen LogP contribution < -0.4 is 0 Å². The van der Waals surface area contributed by atoms with Crippen LogP contribution in [0.5, 0.6) is 0 Å². The van der Waals surface area contributed by atoms with Crippen LogP contribution >= 0.6 is 0 Å². The van der Waals surface area contributed by atoms with Gasteiger partial charge in [-0.25, -0.2) is 0 Å². The van der Waals surface area contributed by atoms with E-state index in [-0.39, 0.29) is 24.0 Å². The Bertz CT molecular complexity index is 672. The lowest BCUT2D eigenvalue weighted by Crippen LogP contribution is -2.51. The predicted molar refractivity (Wildman–Crippen MR) is 96.4 cm³/mol. The van der Waals surface area contributed by atoms with E-state index in [4.69, 9.17) is 0 Å². The van der Waals surface area contributed by atoms with E-state index >= 15 is 0 Å². The highest BCUT2D eigenvalue weighted by molar-refractivity contribution is 5.95. The van der Waals surface area contributed by atoms with Gasteiger partial charge in [-0.1, -0.05) is 0 Å². The second-order valence-electron chi connectivity index (χ2n) is 8.06. The monoisotopic (exact) mass is 357 g/mol. The van der Waals surface area contributed by atoms with E-state index in [0.717, 1.165) is 51.5 Å². The number of rotatable bonds is 2. The molecule has 0 aromatic carbocycles. The Kier molecular flexibility index (Phi) is 4.69. The lowest BCUT2D eigenvalue weighted by molar-refractivity contribution is -0.141. The maximum Gasteiger partial charge on any atom is 0.255 e. The van der Waals surface area contributed by atoms with Crippen molar-refractivity contribution in [2.24, 2.45) is 5.41 Å². The highest BCUT2D eigenvalue weighted by Gasteiger charge is 2.51. The van der Waals surface area contributed by atoms with Crippen molar-refractivity contribution >= 4 is 11.8 Å². The van der Waals surface area contributed by atoms with Crippen molar-refractivity contribution < 1.29 is 14.7 Å². The quantitative estimate of drug-likeness (QED) is 0.876. The number of hydrogen-bond acceptors (Lipinski definition) is 4. The molecule has 26 heavy (non-hydrogen) atoms. The highest BCUT2D eigenvalue weighted by Crippen LogP contribution is 2.42. The lowest BCUT2D eigenvalue weighted by atomic mass is 9.78. The maximum atomic E-state index is 13.3. The summed E-state index contributed by atoms with van der Waals surface area (Å²) in [6, 6.07) is 3.81. The molecule has 2 amide bonds. The zero-order chi connectivity index (χ0) is 18.1. The van der Waals surface area contributed by atoms with E-state index in [9.17, 15) is 14.7 Å². The summed E-state index contributed by atoms with van der Waals surface area (Å²) in [5.74, 6) is 0.201. The summed E-state index contributed by atoms with van der Waals surface area (Å²) in [6.45, 7) is 2.01. The fourth-order valence-electron chi connectivity index (χ4n) is 4.92. The van der Waals surface area contributed by atoms with Gasteiger partial charge in [0.05, 0.1) is 17.1 Å². The van der Waals surface area contributed by atoms with Gasteiger partial charge in [-0.05, 0) is 57.1 Å². The molecule has 1 spiro atoms. The third kappa shape index (κ3) is 3.11. The Labute approximate surface area is 154 Å². The van der Waals surface area contributed by atoms with E-state index in [1.165, 1.54) is 0 Å². The number of hydrogen-bond donors (Lipinski definition) is 1. The highest BCUT2D eigenvalue weighted by atomic mass is 16.3. The summed E-state index contributed by atoms with van der Waals surface area (Å²) in [5.41, 5.74) is 0.180. The van der Waals surface area contributed by atoms with Gasteiger partial charge in [0.25, 0.3) is 5.91 Å². The summed E-state index contributed by atoms with van der Waals surface area (Å²) < 4.78 is 0. The van der Waals surface area contributed by atoms with Crippen molar-refractivity contribution in [3.63, 3.8) is 0 Å². The zero-order valence-electron chi connectivity index (χ0n) is 15.1. The van der Waals surface area contributed by atoms with E-state index in [1.807, 2.05) is 9.80 Å².